The molecule has 0 saturated heterocycles. The van der Waals surface area contributed by atoms with Gasteiger partial charge in [-0.3, -0.25) is 9.59 Å². The molecule has 0 spiro atoms. The molecule has 0 saturated carbocycles. The van der Waals surface area contributed by atoms with Crippen molar-refractivity contribution in [1.82, 2.24) is 9.78 Å². The van der Waals surface area contributed by atoms with Gasteiger partial charge in [0.1, 0.15) is 0 Å². The van der Waals surface area contributed by atoms with Gasteiger partial charge in [-0.2, -0.15) is 5.10 Å². The van der Waals surface area contributed by atoms with E-state index in [9.17, 15) is 9.59 Å². The Labute approximate surface area is 102 Å². The first-order valence-corrected chi connectivity index (χ1v) is 5.31. The first kappa shape index (κ1) is 11.5. The quantitative estimate of drug-likeness (QED) is 0.764. The minimum Gasteiger partial charge on any atom is -0.296 e. The molecule has 2 rings (SSSR count). The fourth-order valence-corrected chi connectivity index (χ4v) is 1.70. The number of aldehydes is 1. The van der Waals surface area contributed by atoms with Crippen LogP contribution in [0.5, 0.6) is 0 Å². The van der Waals surface area contributed by atoms with Crippen molar-refractivity contribution in [3.8, 4) is 5.69 Å². The second-order valence-corrected chi connectivity index (χ2v) is 3.98. The van der Waals surface area contributed by atoms with E-state index >= 15 is 0 Å². The standard InChI is InChI=1S/C12H9ClN2O2/c1-8-5-12(17)11(7-16)14-15(8)10-4-2-3-9(13)6-10/h2-7H,1H3. The van der Waals surface area contributed by atoms with Gasteiger partial charge in [-0.15, -0.1) is 0 Å². The molecule has 0 N–H and O–H groups in total. The van der Waals surface area contributed by atoms with Crippen molar-refractivity contribution in [3.63, 3.8) is 0 Å². The molecule has 0 aliphatic carbocycles. The van der Waals surface area contributed by atoms with E-state index < -0.39 is 0 Å². The Morgan fingerprint density at radius 2 is 2.12 bits per heavy atom. The van der Waals surface area contributed by atoms with Crippen LogP contribution in [-0.2, 0) is 0 Å². The summed E-state index contributed by atoms with van der Waals surface area (Å²) < 4.78 is 1.51. The Morgan fingerprint density at radius 1 is 1.35 bits per heavy atom. The van der Waals surface area contributed by atoms with E-state index in [4.69, 9.17) is 11.6 Å². The fraction of sp³-hybridized carbons (Fsp3) is 0.0833. The minimum atomic E-state index is -0.379. The van der Waals surface area contributed by atoms with Gasteiger partial charge < -0.3 is 0 Å². The van der Waals surface area contributed by atoms with E-state index in [2.05, 4.69) is 5.10 Å². The van der Waals surface area contributed by atoms with Crippen molar-refractivity contribution >= 4 is 17.9 Å². The second kappa shape index (κ2) is 4.51. The predicted molar refractivity (Wildman–Crippen MR) is 65.0 cm³/mol. The molecule has 2 aromatic rings. The van der Waals surface area contributed by atoms with E-state index in [1.54, 1.807) is 31.2 Å². The number of hydrogen-bond donors (Lipinski definition) is 0. The Hall–Kier alpha value is -1.94. The lowest BCUT2D eigenvalue weighted by Crippen LogP contribution is -2.18. The summed E-state index contributed by atoms with van der Waals surface area (Å²) in [5, 5.41) is 4.54. The highest BCUT2D eigenvalue weighted by atomic mass is 35.5. The van der Waals surface area contributed by atoms with E-state index in [0.29, 0.717) is 22.7 Å². The van der Waals surface area contributed by atoms with Crippen LogP contribution < -0.4 is 5.43 Å². The number of nitrogens with zero attached hydrogens (tertiary/aromatic N) is 2. The van der Waals surface area contributed by atoms with Gasteiger partial charge in [-0.1, -0.05) is 17.7 Å². The van der Waals surface area contributed by atoms with E-state index in [0.717, 1.165) is 0 Å². The Bertz CT molecular complexity index is 635. The van der Waals surface area contributed by atoms with Crippen LogP contribution in [0.15, 0.2) is 35.1 Å². The maximum atomic E-state index is 11.4. The average molecular weight is 249 g/mol. The molecule has 0 fully saturated rings. The van der Waals surface area contributed by atoms with Gasteiger partial charge in [-0.25, -0.2) is 4.68 Å². The van der Waals surface area contributed by atoms with Gasteiger partial charge >= 0.3 is 0 Å². The molecule has 0 bridgehead atoms. The second-order valence-electron chi connectivity index (χ2n) is 3.54. The maximum Gasteiger partial charge on any atom is 0.211 e. The number of aromatic nitrogens is 2. The van der Waals surface area contributed by atoms with Crippen molar-refractivity contribution in [2.75, 3.05) is 0 Å². The summed E-state index contributed by atoms with van der Waals surface area (Å²) in [5.74, 6) is 0. The van der Waals surface area contributed by atoms with Crippen molar-refractivity contribution < 1.29 is 4.79 Å². The van der Waals surface area contributed by atoms with Crippen molar-refractivity contribution in [2.45, 2.75) is 6.92 Å². The van der Waals surface area contributed by atoms with E-state index in [-0.39, 0.29) is 11.1 Å². The normalized spacial score (nSPS) is 10.2. The molecule has 86 valence electrons. The number of aryl methyl sites for hydroxylation is 1. The van der Waals surface area contributed by atoms with Gasteiger partial charge in [-0.05, 0) is 25.1 Å². The molecule has 0 atom stereocenters. The van der Waals surface area contributed by atoms with Gasteiger partial charge in [0.05, 0.1) is 5.69 Å². The highest BCUT2D eigenvalue weighted by molar-refractivity contribution is 6.30. The Morgan fingerprint density at radius 3 is 2.76 bits per heavy atom. The molecular formula is C12H9ClN2O2. The fourth-order valence-electron chi connectivity index (χ4n) is 1.51. The summed E-state index contributed by atoms with van der Waals surface area (Å²) >= 11 is 5.88. The molecule has 17 heavy (non-hydrogen) atoms. The molecule has 0 aliphatic rings. The number of rotatable bonds is 2. The molecule has 0 unspecified atom stereocenters. The zero-order chi connectivity index (χ0) is 12.4. The van der Waals surface area contributed by atoms with Gasteiger partial charge in [0.25, 0.3) is 0 Å². The molecule has 0 radical (unpaired) electrons. The Balaban J connectivity index is 2.67. The summed E-state index contributed by atoms with van der Waals surface area (Å²) in [6.45, 7) is 1.74. The summed E-state index contributed by atoms with van der Waals surface area (Å²) in [4.78, 5) is 22.1. The highest BCUT2D eigenvalue weighted by Gasteiger charge is 2.06. The third-order valence-electron chi connectivity index (χ3n) is 2.30. The lowest BCUT2D eigenvalue weighted by Gasteiger charge is -2.09. The van der Waals surface area contributed by atoms with Crippen LogP contribution >= 0.6 is 11.6 Å². The van der Waals surface area contributed by atoms with E-state index in [1.807, 2.05) is 0 Å². The molecule has 4 nitrogen and oxygen atoms in total. The number of carbonyl (C=O) groups is 1. The molecule has 0 aliphatic heterocycles. The van der Waals surface area contributed by atoms with E-state index in [1.165, 1.54) is 10.7 Å². The van der Waals surface area contributed by atoms with Crippen LogP contribution in [0.4, 0.5) is 0 Å². The summed E-state index contributed by atoms with van der Waals surface area (Å²) in [6, 6.07) is 8.39. The monoisotopic (exact) mass is 248 g/mol. The number of carbonyl (C=O) groups excluding carboxylic acids is 1. The zero-order valence-electron chi connectivity index (χ0n) is 9.05. The van der Waals surface area contributed by atoms with Crippen LogP contribution in [0.2, 0.25) is 5.02 Å². The maximum absolute atomic E-state index is 11.4. The van der Waals surface area contributed by atoms with Crippen LogP contribution in [0, 0.1) is 6.92 Å². The zero-order valence-corrected chi connectivity index (χ0v) is 9.81. The first-order chi connectivity index (χ1) is 8.11. The van der Waals surface area contributed by atoms with Crippen LogP contribution in [-0.4, -0.2) is 16.1 Å². The Kier molecular flexibility index (Phi) is 3.06. The summed E-state index contributed by atoms with van der Waals surface area (Å²) in [7, 11) is 0. The van der Waals surface area contributed by atoms with Gasteiger partial charge in [0.2, 0.25) is 5.43 Å². The molecule has 1 heterocycles. The third kappa shape index (κ3) is 2.26. The third-order valence-corrected chi connectivity index (χ3v) is 2.53. The van der Waals surface area contributed by atoms with Crippen LogP contribution in [0.3, 0.4) is 0 Å². The number of halogens is 1. The lowest BCUT2D eigenvalue weighted by molar-refractivity contribution is 0.111. The SMILES string of the molecule is Cc1cc(=O)c(C=O)nn1-c1cccc(Cl)c1. The summed E-state index contributed by atoms with van der Waals surface area (Å²) in [5.41, 5.74) is 0.854. The van der Waals surface area contributed by atoms with Crippen molar-refractivity contribution in [2.24, 2.45) is 0 Å². The van der Waals surface area contributed by atoms with Crippen molar-refractivity contribution in [1.29, 1.82) is 0 Å². The number of hydrogen-bond acceptors (Lipinski definition) is 3. The molecule has 0 amide bonds. The van der Waals surface area contributed by atoms with Crippen LogP contribution in [0.25, 0.3) is 5.69 Å². The molecule has 1 aromatic heterocycles. The average Bonchev–Trinajstić information content (AvgIpc) is 2.29. The first-order valence-electron chi connectivity index (χ1n) is 4.94. The lowest BCUT2D eigenvalue weighted by atomic mass is 10.3. The van der Waals surface area contributed by atoms with Crippen molar-refractivity contribution in [3.05, 3.63) is 57.0 Å². The topological polar surface area (TPSA) is 52.0 Å². The molecular weight excluding hydrogens is 240 g/mol. The number of benzene rings is 1. The minimum absolute atomic E-state index is 0.115. The smallest absolute Gasteiger partial charge is 0.211 e. The predicted octanol–water partition coefficient (Wildman–Crippen LogP) is 2.01. The van der Waals surface area contributed by atoms with Gasteiger partial charge in [0, 0.05) is 16.8 Å². The molecule has 5 heteroatoms. The summed E-state index contributed by atoms with van der Waals surface area (Å²) in [6.07, 6.45) is 0.447. The largest absolute Gasteiger partial charge is 0.296 e. The van der Waals surface area contributed by atoms with Gasteiger partial charge in [0.15, 0.2) is 12.0 Å². The van der Waals surface area contributed by atoms with Crippen LogP contribution in [0.1, 0.15) is 16.2 Å². The molecule has 1 aromatic carbocycles. The highest BCUT2D eigenvalue weighted by Crippen LogP contribution is 2.14.